The van der Waals surface area contributed by atoms with Crippen LogP contribution in [0.15, 0.2) is 53.5 Å². The fourth-order valence-electron chi connectivity index (χ4n) is 2.05. The van der Waals surface area contributed by atoms with E-state index < -0.39 is 0 Å². The number of nitrogens with zero attached hydrogens (tertiary/aromatic N) is 2. The lowest BCUT2D eigenvalue weighted by molar-refractivity contribution is 0.112. The van der Waals surface area contributed by atoms with E-state index >= 15 is 0 Å². The molecule has 0 spiro atoms. The van der Waals surface area contributed by atoms with Gasteiger partial charge < -0.3 is 4.42 Å². The van der Waals surface area contributed by atoms with Gasteiger partial charge in [-0.3, -0.25) is 9.48 Å². The first-order chi connectivity index (χ1) is 9.76. The molecular weight excluding hydrogens is 259 g/mol. The lowest BCUT2D eigenvalue weighted by Gasteiger charge is -2.01. The molecule has 0 bridgehead atoms. The molecule has 0 radical (unpaired) electrons. The molecule has 0 amide bonds. The fourth-order valence-corrected chi connectivity index (χ4v) is 2.05. The minimum atomic E-state index is -0.291. The van der Waals surface area contributed by atoms with E-state index in [1.54, 1.807) is 23.0 Å². The number of halogens is 1. The van der Waals surface area contributed by atoms with E-state index in [-0.39, 0.29) is 5.82 Å². The third kappa shape index (κ3) is 2.38. The molecule has 2 aromatic heterocycles. The second-order valence-electron chi connectivity index (χ2n) is 4.39. The predicted molar refractivity (Wildman–Crippen MR) is 70.8 cm³/mol. The summed E-state index contributed by atoms with van der Waals surface area (Å²) in [6, 6.07) is 8.02. The molecule has 0 atom stereocenters. The summed E-state index contributed by atoms with van der Waals surface area (Å²) in [4.78, 5) is 11.1. The Morgan fingerprint density at radius 1 is 1.35 bits per heavy atom. The van der Waals surface area contributed by atoms with Crippen molar-refractivity contribution in [3.8, 4) is 11.3 Å². The first-order valence-corrected chi connectivity index (χ1v) is 6.06. The predicted octanol–water partition coefficient (Wildman–Crippen LogP) is 3.14. The second kappa shape index (κ2) is 5.13. The number of furan rings is 1. The van der Waals surface area contributed by atoms with Crippen molar-refractivity contribution in [1.82, 2.24) is 9.78 Å². The molecule has 0 aliphatic carbocycles. The number of hydrogen-bond acceptors (Lipinski definition) is 3. The smallest absolute Gasteiger partial charge is 0.153 e. The van der Waals surface area contributed by atoms with Crippen molar-refractivity contribution in [2.24, 2.45) is 0 Å². The number of benzene rings is 1. The van der Waals surface area contributed by atoms with Gasteiger partial charge >= 0.3 is 0 Å². The van der Waals surface area contributed by atoms with Gasteiger partial charge in [0.2, 0.25) is 0 Å². The normalized spacial score (nSPS) is 10.7. The van der Waals surface area contributed by atoms with Crippen LogP contribution >= 0.6 is 0 Å². The largest absolute Gasteiger partial charge is 0.472 e. The molecule has 0 saturated heterocycles. The monoisotopic (exact) mass is 270 g/mol. The summed E-state index contributed by atoms with van der Waals surface area (Å²) in [6.45, 7) is 0.399. The van der Waals surface area contributed by atoms with Crippen molar-refractivity contribution in [3.05, 3.63) is 66.0 Å². The second-order valence-corrected chi connectivity index (χ2v) is 4.39. The van der Waals surface area contributed by atoms with Crippen LogP contribution in [0.4, 0.5) is 4.39 Å². The van der Waals surface area contributed by atoms with Crippen LogP contribution in [-0.2, 0) is 6.54 Å². The molecule has 100 valence electrons. The van der Waals surface area contributed by atoms with E-state index in [9.17, 15) is 9.18 Å². The van der Waals surface area contributed by atoms with E-state index in [0.717, 1.165) is 17.4 Å². The Morgan fingerprint density at radius 2 is 2.25 bits per heavy atom. The average molecular weight is 270 g/mol. The van der Waals surface area contributed by atoms with Gasteiger partial charge in [0.1, 0.15) is 11.5 Å². The van der Waals surface area contributed by atoms with Crippen LogP contribution in [0.2, 0.25) is 0 Å². The van der Waals surface area contributed by atoms with Gasteiger partial charge in [-0.05, 0) is 23.8 Å². The summed E-state index contributed by atoms with van der Waals surface area (Å²) >= 11 is 0. The zero-order valence-corrected chi connectivity index (χ0v) is 10.5. The maximum atomic E-state index is 13.1. The molecule has 1 aromatic carbocycles. The van der Waals surface area contributed by atoms with Gasteiger partial charge in [-0.1, -0.05) is 12.1 Å². The Kier molecular flexibility index (Phi) is 3.16. The van der Waals surface area contributed by atoms with Gasteiger partial charge in [-0.15, -0.1) is 0 Å². The molecule has 0 unspecified atom stereocenters. The Hall–Kier alpha value is -2.69. The highest BCUT2D eigenvalue weighted by Crippen LogP contribution is 2.21. The Labute approximate surface area is 114 Å². The van der Waals surface area contributed by atoms with Crippen molar-refractivity contribution in [3.63, 3.8) is 0 Å². The van der Waals surface area contributed by atoms with E-state index in [0.29, 0.717) is 17.8 Å². The SMILES string of the molecule is O=Cc1cn(Cc2cccc(F)c2)nc1-c1ccoc1. The summed E-state index contributed by atoms with van der Waals surface area (Å²) in [5.41, 5.74) is 2.56. The van der Waals surface area contributed by atoms with Crippen LogP contribution in [-0.4, -0.2) is 16.1 Å². The first kappa shape index (κ1) is 12.3. The standard InChI is InChI=1S/C15H11FN2O2/c16-14-3-1-2-11(6-14)7-18-8-13(9-19)15(17-18)12-4-5-20-10-12/h1-6,8-10H,7H2. The molecule has 2 heterocycles. The molecule has 0 aliphatic rings. The van der Waals surface area contributed by atoms with Gasteiger partial charge in [0.25, 0.3) is 0 Å². The van der Waals surface area contributed by atoms with Crippen LogP contribution in [0.5, 0.6) is 0 Å². The quantitative estimate of drug-likeness (QED) is 0.684. The summed E-state index contributed by atoms with van der Waals surface area (Å²) in [7, 11) is 0. The Bertz CT molecular complexity index is 732. The highest BCUT2D eigenvalue weighted by atomic mass is 19.1. The maximum Gasteiger partial charge on any atom is 0.153 e. The topological polar surface area (TPSA) is 48.0 Å². The van der Waals surface area contributed by atoms with E-state index in [2.05, 4.69) is 5.10 Å². The summed E-state index contributed by atoms with van der Waals surface area (Å²) in [5.74, 6) is -0.291. The number of aromatic nitrogens is 2. The lowest BCUT2D eigenvalue weighted by atomic mass is 10.2. The number of hydrogen-bond donors (Lipinski definition) is 0. The zero-order valence-electron chi connectivity index (χ0n) is 10.5. The van der Waals surface area contributed by atoms with Gasteiger partial charge in [-0.25, -0.2) is 4.39 Å². The zero-order chi connectivity index (χ0) is 13.9. The molecule has 20 heavy (non-hydrogen) atoms. The number of rotatable bonds is 4. The molecule has 0 aliphatic heterocycles. The molecule has 3 rings (SSSR count). The molecule has 5 heteroatoms. The number of carbonyl (C=O) groups excluding carboxylic acids is 1. The van der Waals surface area contributed by atoms with E-state index in [1.165, 1.54) is 24.7 Å². The van der Waals surface area contributed by atoms with Gasteiger partial charge in [0.15, 0.2) is 6.29 Å². The van der Waals surface area contributed by atoms with Crippen molar-refractivity contribution < 1.29 is 13.6 Å². The van der Waals surface area contributed by atoms with Crippen LogP contribution in [0.3, 0.4) is 0 Å². The lowest BCUT2D eigenvalue weighted by Crippen LogP contribution is -2.00. The fraction of sp³-hybridized carbons (Fsp3) is 0.0667. The summed E-state index contributed by atoms with van der Waals surface area (Å²) in [6.07, 6.45) is 5.44. The van der Waals surface area contributed by atoms with Gasteiger partial charge in [0.05, 0.1) is 24.6 Å². The number of carbonyl (C=O) groups is 1. The highest BCUT2D eigenvalue weighted by molar-refractivity contribution is 5.85. The minimum absolute atomic E-state index is 0.291. The van der Waals surface area contributed by atoms with Crippen LogP contribution in [0.25, 0.3) is 11.3 Å². The third-order valence-electron chi connectivity index (χ3n) is 2.95. The van der Waals surface area contributed by atoms with Crippen LogP contribution < -0.4 is 0 Å². The Morgan fingerprint density at radius 3 is 2.95 bits per heavy atom. The van der Waals surface area contributed by atoms with Crippen molar-refractivity contribution in [2.45, 2.75) is 6.54 Å². The molecule has 0 N–H and O–H groups in total. The molecule has 0 fully saturated rings. The maximum absolute atomic E-state index is 13.1. The number of aldehydes is 1. The third-order valence-corrected chi connectivity index (χ3v) is 2.95. The van der Waals surface area contributed by atoms with Crippen LogP contribution in [0, 0.1) is 5.82 Å². The summed E-state index contributed by atoms with van der Waals surface area (Å²) < 4.78 is 19.8. The van der Waals surface area contributed by atoms with E-state index in [4.69, 9.17) is 4.42 Å². The Balaban J connectivity index is 1.93. The van der Waals surface area contributed by atoms with Crippen molar-refractivity contribution >= 4 is 6.29 Å². The van der Waals surface area contributed by atoms with E-state index in [1.807, 2.05) is 6.07 Å². The molecular formula is C15H11FN2O2. The van der Waals surface area contributed by atoms with Gasteiger partial charge in [-0.2, -0.15) is 5.10 Å². The average Bonchev–Trinajstić information content (AvgIpc) is 3.06. The molecule has 4 nitrogen and oxygen atoms in total. The molecule has 0 saturated carbocycles. The molecule has 3 aromatic rings. The highest BCUT2D eigenvalue weighted by Gasteiger charge is 2.12. The summed E-state index contributed by atoms with van der Waals surface area (Å²) in [5, 5.41) is 4.35. The van der Waals surface area contributed by atoms with Crippen LogP contribution in [0.1, 0.15) is 15.9 Å². The minimum Gasteiger partial charge on any atom is -0.472 e. The van der Waals surface area contributed by atoms with Crippen molar-refractivity contribution in [1.29, 1.82) is 0 Å². The van der Waals surface area contributed by atoms with Crippen molar-refractivity contribution in [2.75, 3.05) is 0 Å². The van der Waals surface area contributed by atoms with Gasteiger partial charge in [0, 0.05) is 11.8 Å². The first-order valence-electron chi connectivity index (χ1n) is 6.06.